The number of hydrogen-bond acceptors (Lipinski definition) is 4. The summed E-state index contributed by atoms with van der Waals surface area (Å²) in [5.41, 5.74) is 2.77. The number of nitrogens with zero attached hydrogens (tertiary/aromatic N) is 2. The summed E-state index contributed by atoms with van der Waals surface area (Å²) >= 11 is 6.40. The van der Waals surface area contributed by atoms with Crippen molar-refractivity contribution in [3.8, 4) is 0 Å². The summed E-state index contributed by atoms with van der Waals surface area (Å²) in [7, 11) is -4.11. The second-order valence-corrected chi connectivity index (χ2v) is 12.0. The third-order valence-electron chi connectivity index (χ3n) is 6.64. The summed E-state index contributed by atoms with van der Waals surface area (Å²) < 4.78 is 28.8. The van der Waals surface area contributed by atoms with Gasteiger partial charge in [-0.2, -0.15) is 0 Å². The molecule has 0 aliphatic carbocycles. The average molecular weight is 570 g/mol. The largest absolute Gasteiger partial charge is 0.352 e. The van der Waals surface area contributed by atoms with E-state index in [0.717, 1.165) is 21.9 Å². The lowest BCUT2D eigenvalue weighted by molar-refractivity contribution is -0.139. The molecule has 0 saturated carbocycles. The van der Waals surface area contributed by atoms with Crippen LogP contribution in [-0.2, 0) is 26.2 Å². The fourth-order valence-corrected chi connectivity index (χ4v) is 5.61. The van der Waals surface area contributed by atoms with Gasteiger partial charge in [0.25, 0.3) is 10.0 Å². The van der Waals surface area contributed by atoms with Crippen molar-refractivity contribution < 1.29 is 18.0 Å². The Bertz CT molecular complexity index is 1410. The Labute approximate surface area is 236 Å². The first-order valence-electron chi connectivity index (χ1n) is 12.9. The fourth-order valence-electron chi connectivity index (χ4n) is 4.01. The minimum Gasteiger partial charge on any atom is -0.352 e. The summed E-state index contributed by atoms with van der Waals surface area (Å²) in [5.74, 6) is -0.854. The van der Waals surface area contributed by atoms with Crippen molar-refractivity contribution in [3.63, 3.8) is 0 Å². The summed E-state index contributed by atoms with van der Waals surface area (Å²) in [5, 5.41) is 3.37. The molecule has 0 radical (unpaired) electrons. The second-order valence-electron chi connectivity index (χ2n) is 9.77. The van der Waals surface area contributed by atoms with Crippen LogP contribution in [0.15, 0.2) is 77.7 Å². The molecule has 9 heteroatoms. The Balaban J connectivity index is 2.04. The zero-order valence-corrected chi connectivity index (χ0v) is 24.6. The quantitative estimate of drug-likeness (QED) is 0.331. The number of anilines is 1. The summed E-state index contributed by atoms with van der Waals surface area (Å²) in [6.07, 6.45) is 0.729. The van der Waals surface area contributed by atoms with E-state index in [-0.39, 0.29) is 23.4 Å². The minimum absolute atomic E-state index is 0.0415. The van der Waals surface area contributed by atoms with Crippen molar-refractivity contribution in [2.75, 3.05) is 10.8 Å². The van der Waals surface area contributed by atoms with Gasteiger partial charge in [-0.3, -0.25) is 13.9 Å². The predicted molar refractivity (Wildman–Crippen MR) is 156 cm³/mol. The third-order valence-corrected chi connectivity index (χ3v) is 8.80. The molecule has 3 rings (SSSR count). The Hall–Kier alpha value is -3.36. The normalized spacial score (nSPS) is 12.9. The topological polar surface area (TPSA) is 86.8 Å². The van der Waals surface area contributed by atoms with Crippen LogP contribution in [0.4, 0.5) is 5.69 Å². The smallest absolute Gasteiger partial charge is 0.264 e. The molecule has 0 aliphatic heterocycles. The molecule has 0 aliphatic rings. The first-order valence-corrected chi connectivity index (χ1v) is 14.7. The molecule has 0 heterocycles. The molecule has 0 bridgehead atoms. The minimum atomic E-state index is -4.11. The zero-order chi connectivity index (χ0) is 28.7. The molecular formula is C30H36ClN3O4S. The van der Waals surface area contributed by atoms with Gasteiger partial charge in [0.2, 0.25) is 11.8 Å². The third kappa shape index (κ3) is 7.61. The van der Waals surface area contributed by atoms with Crippen molar-refractivity contribution >= 4 is 39.1 Å². The maximum absolute atomic E-state index is 14.0. The molecule has 1 N–H and O–H groups in total. The summed E-state index contributed by atoms with van der Waals surface area (Å²) in [4.78, 5) is 28.5. The molecule has 2 amide bonds. The lowest BCUT2D eigenvalue weighted by Crippen LogP contribution is -2.52. The van der Waals surface area contributed by atoms with Crippen LogP contribution < -0.4 is 9.62 Å². The molecule has 0 saturated heterocycles. The SMILES string of the molecule is CC[C@H](C)NC(=O)[C@@H](C)N(Cc1ccccc1Cl)C(=O)CN(c1cccc(C)c1)S(=O)(=O)c1ccc(C)cc1. The van der Waals surface area contributed by atoms with Gasteiger partial charge in [-0.05, 0) is 75.6 Å². The Morgan fingerprint density at radius 3 is 2.21 bits per heavy atom. The van der Waals surface area contributed by atoms with E-state index in [9.17, 15) is 18.0 Å². The van der Waals surface area contributed by atoms with E-state index in [1.54, 1.807) is 61.5 Å². The average Bonchev–Trinajstić information content (AvgIpc) is 2.90. The molecule has 0 fully saturated rings. The van der Waals surface area contributed by atoms with Gasteiger partial charge < -0.3 is 10.2 Å². The molecule has 3 aromatic carbocycles. The number of aryl methyl sites for hydroxylation is 2. The van der Waals surface area contributed by atoms with E-state index in [1.807, 2.05) is 33.8 Å². The number of amides is 2. The molecule has 208 valence electrons. The highest BCUT2D eigenvalue weighted by molar-refractivity contribution is 7.92. The van der Waals surface area contributed by atoms with Gasteiger partial charge in [0.05, 0.1) is 10.6 Å². The predicted octanol–water partition coefficient (Wildman–Crippen LogP) is 5.48. The highest BCUT2D eigenvalue weighted by atomic mass is 35.5. The van der Waals surface area contributed by atoms with Gasteiger partial charge in [0.1, 0.15) is 12.6 Å². The van der Waals surface area contributed by atoms with Gasteiger partial charge in [0, 0.05) is 17.6 Å². The Kier molecular flexibility index (Phi) is 10.2. The first-order chi connectivity index (χ1) is 18.4. The zero-order valence-electron chi connectivity index (χ0n) is 23.0. The number of hydrogen-bond donors (Lipinski definition) is 1. The summed E-state index contributed by atoms with van der Waals surface area (Å²) in [6.45, 7) is 8.75. The monoisotopic (exact) mass is 569 g/mol. The number of carbonyl (C=O) groups excluding carboxylic acids is 2. The van der Waals surface area contributed by atoms with Crippen LogP contribution in [0.2, 0.25) is 5.02 Å². The number of carbonyl (C=O) groups is 2. The van der Waals surface area contributed by atoms with E-state index in [1.165, 1.54) is 17.0 Å². The Morgan fingerprint density at radius 1 is 0.923 bits per heavy atom. The van der Waals surface area contributed by atoms with Gasteiger partial charge >= 0.3 is 0 Å². The van der Waals surface area contributed by atoms with Crippen molar-refractivity contribution in [2.24, 2.45) is 0 Å². The van der Waals surface area contributed by atoms with E-state index in [2.05, 4.69) is 5.32 Å². The molecule has 39 heavy (non-hydrogen) atoms. The van der Waals surface area contributed by atoms with Gasteiger partial charge in [-0.15, -0.1) is 0 Å². The molecule has 2 atom stereocenters. The van der Waals surface area contributed by atoms with Crippen LogP contribution in [0.25, 0.3) is 0 Å². The highest BCUT2D eigenvalue weighted by Gasteiger charge is 2.33. The highest BCUT2D eigenvalue weighted by Crippen LogP contribution is 2.26. The molecule has 0 spiro atoms. The van der Waals surface area contributed by atoms with Crippen LogP contribution in [0.1, 0.15) is 43.9 Å². The molecule has 3 aromatic rings. The van der Waals surface area contributed by atoms with E-state index in [0.29, 0.717) is 16.3 Å². The van der Waals surface area contributed by atoms with Crippen LogP contribution in [-0.4, -0.2) is 43.8 Å². The van der Waals surface area contributed by atoms with Crippen LogP contribution >= 0.6 is 11.6 Å². The van der Waals surface area contributed by atoms with E-state index < -0.39 is 28.5 Å². The molecule has 0 aromatic heterocycles. The van der Waals surface area contributed by atoms with E-state index >= 15 is 0 Å². The molecular weight excluding hydrogens is 534 g/mol. The molecule has 7 nitrogen and oxygen atoms in total. The van der Waals surface area contributed by atoms with Crippen molar-refractivity contribution in [1.29, 1.82) is 0 Å². The maximum Gasteiger partial charge on any atom is 0.264 e. The van der Waals surface area contributed by atoms with Gasteiger partial charge in [0.15, 0.2) is 0 Å². The number of sulfonamides is 1. The van der Waals surface area contributed by atoms with Crippen LogP contribution in [0.3, 0.4) is 0 Å². The van der Waals surface area contributed by atoms with Crippen molar-refractivity contribution in [1.82, 2.24) is 10.2 Å². The number of rotatable bonds is 11. The fraction of sp³-hybridized carbons (Fsp3) is 0.333. The lowest BCUT2D eigenvalue weighted by atomic mass is 10.1. The summed E-state index contributed by atoms with van der Waals surface area (Å²) in [6, 6.07) is 19.6. The lowest BCUT2D eigenvalue weighted by Gasteiger charge is -2.32. The van der Waals surface area contributed by atoms with E-state index in [4.69, 9.17) is 11.6 Å². The molecule has 0 unspecified atom stereocenters. The van der Waals surface area contributed by atoms with Crippen LogP contribution in [0.5, 0.6) is 0 Å². The standard InChI is InChI=1S/C30H36ClN3O4S/c1-6-23(4)32-30(36)24(5)33(19-25-11-7-8-13-28(25)31)29(35)20-34(26-12-9-10-22(3)18-26)39(37,38)27-16-14-21(2)15-17-27/h7-18,23-24H,6,19-20H2,1-5H3,(H,32,36)/t23-,24+/m0/s1. The van der Waals surface area contributed by atoms with Crippen LogP contribution in [0, 0.1) is 13.8 Å². The number of nitrogens with one attached hydrogen (secondary N) is 1. The Morgan fingerprint density at radius 2 is 1.59 bits per heavy atom. The van der Waals surface area contributed by atoms with Crippen molar-refractivity contribution in [3.05, 3.63) is 94.5 Å². The first kappa shape index (κ1) is 30.2. The van der Waals surface area contributed by atoms with Crippen molar-refractivity contribution in [2.45, 2.75) is 64.6 Å². The second kappa shape index (κ2) is 13.1. The number of halogens is 1. The maximum atomic E-state index is 14.0. The van der Waals surface area contributed by atoms with Gasteiger partial charge in [-0.1, -0.05) is 66.6 Å². The number of benzene rings is 3. The van der Waals surface area contributed by atoms with Gasteiger partial charge in [-0.25, -0.2) is 8.42 Å².